The van der Waals surface area contributed by atoms with Crippen molar-refractivity contribution in [1.82, 2.24) is 9.80 Å². The Morgan fingerprint density at radius 2 is 1.83 bits per heavy atom. The van der Waals surface area contributed by atoms with Crippen molar-refractivity contribution in [3.63, 3.8) is 0 Å². The van der Waals surface area contributed by atoms with Gasteiger partial charge >= 0.3 is 0 Å². The Labute approximate surface area is 112 Å². The minimum atomic E-state index is -0.0790. The predicted octanol–water partition coefficient (Wildman–Crippen LogP) is 1.67. The molecule has 2 fully saturated rings. The third-order valence-corrected chi connectivity index (χ3v) is 4.92. The summed E-state index contributed by atoms with van der Waals surface area (Å²) in [5, 5.41) is 10.3. The molecule has 0 aromatic carbocycles. The van der Waals surface area contributed by atoms with Gasteiger partial charge in [0.05, 0.1) is 6.10 Å². The van der Waals surface area contributed by atoms with Crippen molar-refractivity contribution in [1.29, 1.82) is 0 Å². The van der Waals surface area contributed by atoms with Gasteiger partial charge in [-0.15, -0.1) is 0 Å². The van der Waals surface area contributed by atoms with Gasteiger partial charge in [0.15, 0.2) is 0 Å². The summed E-state index contributed by atoms with van der Waals surface area (Å²) in [5.74, 6) is 1.86. The second-order valence-corrected chi connectivity index (χ2v) is 6.74. The Balaban J connectivity index is 1.87. The van der Waals surface area contributed by atoms with Gasteiger partial charge in [-0.25, -0.2) is 0 Å². The molecule has 4 atom stereocenters. The summed E-state index contributed by atoms with van der Waals surface area (Å²) >= 11 is 0. The van der Waals surface area contributed by atoms with E-state index in [0.29, 0.717) is 17.8 Å². The molecule has 0 spiro atoms. The number of aliphatic hydroxyl groups is 1. The zero-order chi connectivity index (χ0) is 13.1. The standard InChI is InChI=1S/C15H30N2O/c1-12-9-13(2)14(15(18)10-12)11-17-6-4-5-16(3)7-8-17/h12-15,18H,4-11H2,1-3H3. The Morgan fingerprint density at radius 1 is 1.06 bits per heavy atom. The van der Waals surface area contributed by atoms with Crippen LogP contribution in [0, 0.1) is 17.8 Å². The monoisotopic (exact) mass is 254 g/mol. The maximum Gasteiger partial charge on any atom is 0.0585 e. The van der Waals surface area contributed by atoms with Gasteiger partial charge in [-0.3, -0.25) is 0 Å². The molecule has 0 radical (unpaired) electrons. The molecular formula is C15H30N2O. The van der Waals surface area contributed by atoms with Crippen LogP contribution in [0.1, 0.15) is 33.1 Å². The fourth-order valence-electron chi connectivity index (χ4n) is 3.75. The van der Waals surface area contributed by atoms with Crippen LogP contribution < -0.4 is 0 Å². The van der Waals surface area contributed by atoms with Gasteiger partial charge in [0.25, 0.3) is 0 Å². The molecule has 106 valence electrons. The molecule has 1 saturated carbocycles. The highest BCUT2D eigenvalue weighted by molar-refractivity contribution is 4.85. The van der Waals surface area contributed by atoms with Gasteiger partial charge in [-0.05, 0) is 51.2 Å². The first-order valence-electron chi connectivity index (χ1n) is 7.65. The van der Waals surface area contributed by atoms with Crippen molar-refractivity contribution in [2.45, 2.75) is 39.2 Å². The first-order chi connectivity index (χ1) is 8.56. The molecule has 1 aliphatic carbocycles. The van der Waals surface area contributed by atoms with Gasteiger partial charge < -0.3 is 14.9 Å². The molecular weight excluding hydrogens is 224 g/mol. The van der Waals surface area contributed by atoms with E-state index in [1.165, 1.54) is 39.0 Å². The smallest absolute Gasteiger partial charge is 0.0585 e. The summed E-state index contributed by atoms with van der Waals surface area (Å²) in [5.41, 5.74) is 0. The second kappa shape index (κ2) is 6.36. The highest BCUT2D eigenvalue weighted by Gasteiger charge is 2.33. The lowest BCUT2D eigenvalue weighted by atomic mass is 9.73. The molecule has 2 aliphatic rings. The molecule has 18 heavy (non-hydrogen) atoms. The van der Waals surface area contributed by atoms with E-state index in [1.807, 2.05) is 0 Å². The molecule has 2 rings (SSSR count). The lowest BCUT2D eigenvalue weighted by Gasteiger charge is -2.39. The van der Waals surface area contributed by atoms with Crippen LogP contribution in [0.2, 0.25) is 0 Å². The fraction of sp³-hybridized carbons (Fsp3) is 1.00. The summed E-state index contributed by atoms with van der Waals surface area (Å²) in [7, 11) is 2.21. The average Bonchev–Trinajstić information content (AvgIpc) is 2.48. The molecule has 1 aliphatic heterocycles. The van der Waals surface area contributed by atoms with Crippen LogP contribution in [0.5, 0.6) is 0 Å². The van der Waals surface area contributed by atoms with E-state index >= 15 is 0 Å². The first-order valence-corrected chi connectivity index (χ1v) is 7.65. The van der Waals surface area contributed by atoms with E-state index in [1.54, 1.807) is 0 Å². The van der Waals surface area contributed by atoms with Crippen molar-refractivity contribution >= 4 is 0 Å². The van der Waals surface area contributed by atoms with Crippen LogP contribution in [0.4, 0.5) is 0 Å². The summed E-state index contributed by atoms with van der Waals surface area (Å²) < 4.78 is 0. The second-order valence-electron chi connectivity index (χ2n) is 6.74. The SMILES string of the molecule is CC1CC(C)C(CN2CCCN(C)CC2)C(O)C1. The number of hydrogen-bond acceptors (Lipinski definition) is 3. The predicted molar refractivity (Wildman–Crippen MR) is 75.6 cm³/mol. The molecule has 0 aromatic heterocycles. The number of aliphatic hydroxyl groups excluding tert-OH is 1. The van der Waals surface area contributed by atoms with E-state index in [-0.39, 0.29) is 6.10 Å². The molecule has 1 N–H and O–H groups in total. The lowest BCUT2D eigenvalue weighted by molar-refractivity contribution is -0.00135. The van der Waals surface area contributed by atoms with Crippen LogP contribution in [-0.4, -0.2) is 60.8 Å². The number of likely N-dealkylation sites (N-methyl/N-ethyl adjacent to an activating group) is 1. The summed E-state index contributed by atoms with van der Waals surface area (Å²) in [4.78, 5) is 4.99. The topological polar surface area (TPSA) is 26.7 Å². The van der Waals surface area contributed by atoms with Gasteiger partial charge in [-0.1, -0.05) is 13.8 Å². The maximum absolute atomic E-state index is 10.3. The van der Waals surface area contributed by atoms with Crippen molar-refractivity contribution in [3.8, 4) is 0 Å². The quantitative estimate of drug-likeness (QED) is 0.812. The summed E-state index contributed by atoms with van der Waals surface area (Å²) in [6.45, 7) is 10.5. The number of nitrogens with zero attached hydrogens (tertiary/aromatic N) is 2. The third kappa shape index (κ3) is 3.69. The molecule has 0 aromatic rings. The third-order valence-electron chi connectivity index (χ3n) is 4.92. The molecule has 3 heteroatoms. The fourth-order valence-corrected chi connectivity index (χ4v) is 3.75. The van der Waals surface area contributed by atoms with Gasteiger partial charge in [0.1, 0.15) is 0 Å². The number of hydrogen-bond donors (Lipinski definition) is 1. The van der Waals surface area contributed by atoms with Gasteiger partial charge in [0.2, 0.25) is 0 Å². The minimum Gasteiger partial charge on any atom is -0.393 e. The first kappa shape index (κ1) is 14.3. The molecule has 1 saturated heterocycles. The van der Waals surface area contributed by atoms with Crippen molar-refractivity contribution < 1.29 is 5.11 Å². The van der Waals surface area contributed by atoms with Crippen molar-refractivity contribution in [3.05, 3.63) is 0 Å². The maximum atomic E-state index is 10.3. The van der Waals surface area contributed by atoms with Crippen LogP contribution in [0.3, 0.4) is 0 Å². The van der Waals surface area contributed by atoms with Crippen LogP contribution in [0.25, 0.3) is 0 Å². The zero-order valence-electron chi connectivity index (χ0n) is 12.3. The lowest BCUT2D eigenvalue weighted by Crippen LogP contribution is -2.43. The highest BCUT2D eigenvalue weighted by atomic mass is 16.3. The van der Waals surface area contributed by atoms with Crippen molar-refractivity contribution in [2.24, 2.45) is 17.8 Å². The summed E-state index contributed by atoms with van der Waals surface area (Å²) in [6.07, 6.45) is 3.48. The highest BCUT2D eigenvalue weighted by Crippen LogP contribution is 2.34. The van der Waals surface area contributed by atoms with Crippen LogP contribution in [-0.2, 0) is 0 Å². The molecule has 1 heterocycles. The average molecular weight is 254 g/mol. The zero-order valence-corrected chi connectivity index (χ0v) is 12.3. The van der Waals surface area contributed by atoms with E-state index in [4.69, 9.17) is 0 Å². The molecule has 3 nitrogen and oxygen atoms in total. The Hall–Kier alpha value is -0.120. The number of rotatable bonds is 2. The van der Waals surface area contributed by atoms with Crippen molar-refractivity contribution in [2.75, 3.05) is 39.8 Å². The minimum absolute atomic E-state index is 0.0790. The van der Waals surface area contributed by atoms with Gasteiger partial charge in [-0.2, -0.15) is 0 Å². The Morgan fingerprint density at radius 3 is 2.56 bits per heavy atom. The summed E-state index contributed by atoms with van der Waals surface area (Å²) in [6, 6.07) is 0. The van der Waals surface area contributed by atoms with E-state index in [0.717, 1.165) is 13.0 Å². The van der Waals surface area contributed by atoms with E-state index in [9.17, 15) is 5.11 Å². The van der Waals surface area contributed by atoms with E-state index < -0.39 is 0 Å². The Kier molecular flexibility index (Phi) is 5.05. The van der Waals surface area contributed by atoms with Gasteiger partial charge in [0, 0.05) is 25.6 Å². The normalized spacial score (nSPS) is 40.7. The Bertz CT molecular complexity index is 247. The molecule has 0 amide bonds. The molecule has 4 unspecified atom stereocenters. The largest absolute Gasteiger partial charge is 0.393 e. The molecule has 0 bridgehead atoms. The van der Waals surface area contributed by atoms with Crippen LogP contribution in [0.15, 0.2) is 0 Å². The van der Waals surface area contributed by atoms with Crippen LogP contribution >= 0.6 is 0 Å². The van der Waals surface area contributed by atoms with E-state index in [2.05, 4.69) is 30.7 Å².